The lowest BCUT2D eigenvalue weighted by molar-refractivity contribution is -0.147. The van der Waals surface area contributed by atoms with Crippen LogP contribution >= 0.6 is 11.6 Å². The van der Waals surface area contributed by atoms with Crippen LogP contribution < -0.4 is 5.32 Å². The van der Waals surface area contributed by atoms with Crippen molar-refractivity contribution in [1.82, 2.24) is 0 Å². The van der Waals surface area contributed by atoms with E-state index >= 15 is 0 Å². The molecule has 3 rings (SSSR count). The average Bonchev–Trinajstić information content (AvgIpc) is 2.75. The van der Waals surface area contributed by atoms with Gasteiger partial charge >= 0.3 is 5.97 Å². The third-order valence-corrected chi connectivity index (χ3v) is 5.09. The van der Waals surface area contributed by atoms with Gasteiger partial charge in [-0.15, -0.1) is 0 Å². The Balaban J connectivity index is 1.62. The first kappa shape index (κ1) is 20.6. The van der Waals surface area contributed by atoms with E-state index in [9.17, 15) is 9.59 Å². The molecule has 0 spiro atoms. The Kier molecular flexibility index (Phi) is 7.04. The third kappa shape index (κ3) is 5.69. The van der Waals surface area contributed by atoms with E-state index in [1.165, 1.54) is 0 Å². The Morgan fingerprint density at radius 1 is 0.897 bits per heavy atom. The number of hydrogen-bond donors (Lipinski definition) is 1. The highest BCUT2D eigenvalue weighted by Gasteiger charge is 2.20. The van der Waals surface area contributed by atoms with E-state index in [2.05, 4.69) is 5.32 Å². The van der Waals surface area contributed by atoms with Crippen molar-refractivity contribution >= 4 is 29.2 Å². The molecule has 0 aliphatic carbocycles. The van der Waals surface area contributed by atoms with Gasteiger partial charge in [0, 0.05) is 16.6 Å². The Morgan fingerprint density at radius 3 is 2.07 bits per heavy atom. The zero-order valence-corrected chi connectivity index (χ0v) is 16.9. The second-order valence-corrected chi connectivity index (χ2v) is 7.11. The SMILES string of the molecule is Cc1c(Cl)cccc1NC(=O)COC(=O)CC(c1ccccc1)c1ccccc1. The molecule has 0 heterocycles. The van der Waals surface area contributed by atoms with Gasteiger partial charge < -0.3 is 10.1 Å². The normalized spacial score (nSPS) is 10.6. The lowest BCUT2D eigenvalue weighted by Gasteiger charge is -2.17. The molecule has 0 aromatic heterocycles. The smallest absolute Gasteiger partial charge is 0.307 e. The van der Waals surface area contributed by atoms with E-state index in [0.717, 1.165) is 16.7 Å². The standard InChI is InChI=1S/C24H22ClNO3/c1-17-21(25)13-8-14-22(17)26-23(27)16-29-24(28)15-20(18-9-4-2-5-10-18)19-11-6-3-7-12-19/h2-14,20H,15-16H2,1H3,(H,26,27). The van der Waals surface area contributed by atoms with E-state index in [0.29, 0.717) is 10.7 Å². The number of carbonyl (C=O) groups is 2. The lowest BCUT2D eigenvalue weighted by Crippen LogP contribution is -2.22. The van der Waals surface area contributed by atoms with Gasteiger partial charge in [-0.1, -0.05) is 78.3 Å². The van der Waals surface area contributed by atoms with Gasteiger partial charge in [-0.2, -0.15) is 0 Å². The minimum Gasteiger partial charge on any atom is -0.456 e. The number of esters is 1. The molecule has 4 nitrogen and oxygen atoms in total. The third-order valence-electron chi connectivity index (χ3n) is 4.68. The molecule has 0 unspecified atom stereocenters. The molecule has 1 N–H and O–H groups in total. The van der Waals surface area contributed by atoms with Crippen LogP contribution in [0.15, 0.2) is 78.9 Å². The number of amides is 1. The molecule has 0 aliphatic rings. The molecule has 0 radical (unpaired) electrons. The summed E-state index contributed by atoms with van der Waals surface area (Å²) in [5.74, 6) is -0.969. The molecule has 148 valence electrons. The van der Waals surface area contributed by atoms with Crippen molar-refractivity contribution in [3.05, 3.63) is 101 Å². The van der Waals surface area contributed by atoms with Gasteiger partial charge in [-0.25, -0.2) is 0 Å². The summed E-state index contributed by atoms with van der Waals surface area (Å²) >= 11 is 6.06. The number of ether oxygens (including phenoxy) is 1. The van der Waals surface area contributed by atoms with E-state index in [1.807, 2.05) is 67.6 Å². The van der Waals surface area contributed by atoms with Gasteiger partial charge in [0.25, 0.3) is 5.91 Å². The van der Waals surface area contributed by atoms with Crippen LogP contribution in [0, 0.1) is 6.92 Å². The number of carbonyl (C=O) groups excluding carboxylic acids is 2. The minimum atomic E-state index is -0.430. The maximum absolute atomic E-state index is 12.5. The van der Waals surface area contributed by atoms with Crippen molar-refractivity contribution < 1.29 is 14.3 Å². The van der Waals surface area contributed by atoms with Crippen molar-refractivity contribution in [2.45, 2.75) is 19.3 Å². The summed E-state index contributed by atoms with van der Waals surface area (Å²) in [6, 6.07) is 24.8. The fraction of sp³-hybridized carbons (Fsp3) is 0.167. The zero-order valence-electron chi connectivity index (χ0n) is 16.1. The largest absolute Gasteiger partial charge is 0.456 e. The number of anilines is 1. The number of halogens is 1. The summed E-state index contributed by atoms with van der Waals surface area (Å²) in [4.78, 5) is 24.6. The van der Waals surface area contributed by atoms with E-state index in [-0.39, 0.29) is 18.9 Å². The van der Waals surface area contributed by atoms with Crippen LogP contribution in [0.2, 0.25) is 5.02 Å². The maximum Gasteiger partial charge on any atom is 0.307 e. The molecule has 0 bridgehead atoms. The fourth-order valence-electron chi connectivity index (χ4n) is 3.10. The van der Waals surface area contributed by atoms with Gasteiger partial charge in [-0.05, 0) is 35.7 Å². The Labute approximate surface area is 175 Å². The number of rotatable bonds is 7. The van der Waals surface area contributed by atoms with Crippen LogP contribution in [0.4, 0.5) is 5.69 Å². The molecular weight excluding hydrogens is 386 g/mol. The monoisotopic (exact) mass is 407 g/mol. The highest BCUT2D eigenvalue weighted by molar-refractivity contribution is 6.31. The molecule has 0 fully saturated rings. The van der Waals surface area contributed by atoms with Gasteiger partial charge in [0.05, 0.1) is 6.42 Å². The van der Waals surface area contributed by atoms with Crippen molar-refractivity contribution in [3.63, 3.8) is 0 Å². The predicted molar refractivity (Wildman–Crippen MR) is 115 cm³/mol. The molecule has 0 saturated heterocycles. The molecule has 3 aromatic carbocycles. The summed E-state index contributed by atoms with van der Waals surface area (Å²) in [5.41, 5.74) is 3.41. The minimum absolute atomic E-state index is 0.136. The van der Waals surface area contributed by atoms with Gasteiger partial charge in [-0.3, -0.25) is 9.59 Å². The second-order valence-electron chi connectivity index (χ2n) is 6.70. The van der Waals surface area contributed by atoms with Crippen LogP contribution in [0.5, 0.6) is 0 Å². The van der Waals surface area contributed by atoms with E-state index < -0.39 is 11.9 Å². The molecule has 0 saturated carbocycles. The highest BCUT2D eigenvalue weighted by atomic mass is 35.5. The summed E-state index contributed by atoms with van der Waals surface area (Å²) in [7, 11) is 0. The van der Waals surface area contributed by atoms with Gasteiger partial charge in [0.15, 0.2) is 6.61 Å². The highest BCUT2D eigenvalue weighted by Crippen LogP contribution is 2.28. The van der Waals surface area contributed by atoms with Gasteiger partial charge in [0.2, 0.25) is 0 Å². The lowest BCUT2D eigenvalue weighted by atomic mass is 9.89. The Hall–Kier alpha value is -3.11. The quantitative estimate of drug-likeness (QED) is 0.537. The van der Waals surface area contributed by atoms with Crippen LogP contribution in [0.3, 0.4) is 0 Å². The molecule has 5 heteroatoms. The summed E-state index contributed by atoms with van der Waals surface area (Å²) < 4.78 is 5.24. The van der Waals surface area contributed by atoms with Crippen LogP contribution in [-0.2, 0) is 14.3 Å². The molecule has 29 heavy (non-hydrogen) atoms. The van der Waals surface area contributed by atoms with Crippen molar-refractivity contribution in [1.29, 1.82) is 0 Å². The maximum atomic E-state index is 12.5. The van der Waals surface area contributed by atoms with E-state index in [1.54, 1.807) is 18.2 Å². The number of hydrogen-bond acceptors (Lipinski definition) is 3. The Morgan fingerprint density at radius 2 is 1.48 bits per heavy atom. The molecule has 3 aromatic rings. The summed E-state index contributed by atoms with van der Waals surface area (Å²) in [6.07, 6.45) is 0.150. The number of benzene rings is 3. The molecule has 1 amide bonds. The van der Waals surface area contributed by atoms with Crippen LogP contribution in [0.1, 0.15) is 29.0 Å². The first-order chi connectivity index (χ1) is 14.0. The van der Waals surface area contributed by atoms with Crippen LogP contribution in [0.25, 0.3) is 0 Å². The van der Waals surface area contributed by atoms with Crippen molar-refractivity contribution in [3.8, 4) is 0 Å². The zero-order chi connectivity index (χ0) is 20.6. The summed E-state index contributed by atoms with van der Waals surface area (Å²) in [5, 5.41) is 3.29. The average molecular weight is 408 g/mol. The van der Waals surface area contributed by atoms with Gasteiger partial charge in [0.1, 0.15) is 0 Å². The Bertz CT molecular complexity index is 934. The molecule has 0 aliphatic heterocycles. The van der Waals surface area contributed by atoms with Crippen molar-refractivity contribution in [2.24, 2.45) is 0 Å². The topological polar surface area (TPSA) is 55.4 Å². The first-order valence-electron chi connectivity index (χ1n) is 9.35. The molecular formula is C24H22ClNO3. The summed E-state index contributed by atoms with van der Waals surface area (Å²) in [6.45, 7) is 1.47. The van der Waals surface area contributed by atoms with Crippen molar-refractivity contribution in [2.75, 3.05) is 11.9 Å². The van der Waals surface area contributed by atoms with E-state index in [4.69, 9.17) is 16.3 Å². The fourth-order valence-corrected chi connectivity index (χ4v) is 3.27. The first-order valence-corrected chi connectivity index (χ1v) is 9.73. The molecule has 0 atom stereocenters. The number of nitrogens with one attached hydrogen (secondary N) is 1. The van der Waals surface area contributed by atoms with Crippen LogP contribution in [-0.4, -0.2) is 18.5 Å². The second kappa shape index (κ2) is 9.89. The predicted octanol–water partition coefficient (Wildman–Crippen LogP) is 5.35.